The van der Waals surface area contributed by atoms with Crippen LogP contribution in [0.4, 0.5) is 0 Å². The zero-order valence-electron chi connectivity index (χ0n) is 8.72. The van der Waals surface area contributed by atoms with Crippen LogP contribution in [0.25, 0.3) is 10.5 Å². The maximum Gasteiger partial charge on any atom is -0.00156 e. The topological polar surface area (TPSA) is 0 Å². The Hall–Kier alpha value is -0.740. The van der Waals surface area contributed by atoms with Crippen molar-refractivity contribution < 1.29 is 0 Å². The van der Waals surface area contributed by atoms with Crippen LogP contribution in [0, 0.1) is 0 Å². The molecule has 0 spiro atoms. The molecule has 1 atom stereocenters. The Kier molecular flexibility index (Phi) is 3.26. The molecule has 0 saturated heterocycles. The van der Waals surface area contributed by atoms with Gasteiger partial charge in [0, 0.05) is 0 Å². The minimum Gasteiger partial charge on any atom is -0.128 e. The van der Waals surface area contributed by atoms with E-state index in [1.165, 1.54) is 31.1 Å². The molecule has 0 bridgehead atoms. The molecule has 2 rings (SSSR count). The molecule has 1 aromatic heterocycles. The Morgan fingerprint density at radius 3 is 2.79 bits per heavy atom. The van der Waals surface area contributed by atoms with Crippen molar-refractivity contribution in [1.82, 2.24) is 0 Å². The van der Waals surface area contributed by atoms with Gasteiger partial charge in [0.25, 0.3) is 0 Å². The molecular weight excluding hydrogens is 187 g/mol. The van der Waals surface area contributed by atoms with E-state index in [4.69, 9.17) is 0 Å². The van der Waals surface area contributed by atoms with Crippen molar-refractivity contribution in [3.63, 3.8) is 0 Å². The molecule has 0 fully saturated rings. The molecule has 0 aliphatic heterocycles. The van der Waals surface area contributed by atoms with Gasteiger partial charge in [0.1, 0.15) is 0 Å². The molecule has 0 aliphatic carbocycles. The highest BCUT2D eigenvalue weighted by molar-refractivity contribution is 7.38. The van der Waals surface area contributed by atoms with Gasteiger partial charge in [-0.15, -0.1) is 8.19 Å². The number of hydrogen-bond donors (Lipinski definition) is 0. The fraction of sp³-hybridized carbons (Fsp3) is 0.385. The third kappa shape index (κ3) is 2.19. The third-order valence-electron chi connectivity index (χ3n) is 2.64. The predicted molar refractivity (Wildman–Crippen MR) is 66.7 cm³/mol. The monoisotopic (exact) mass is 204 g/mol. The van der Waals surface area contributed by atoms with Gasteiger partial charge in [0.2, 0.25) is 0 Å². The minimum atomic E-state index is 0.943. The molecule has 74 valence electrons. The first kappa shape index (κ1) is 9.80. The normalized spacial score (nSPS) is 11.5. The molecule has 1 heteroatoms. The second kappa shape index (κ2) is 4.66. The van der Waals surface area contributed by atoms with E-state index in [0.717, 1.165) is 8.19 Å². The molecule has 0 amide bonds. The number of fused-ring (bicyclic) bond motifs is 1. The van der Waals surface area contributed by atoms with Gasteiger partial charge < -0.3 is 0 Å². The average molecular weight is 204 g/mol. The highest BCUT2D eigenvalue weighted by Crippen LogP contribution is 2.30. The Labute approximate surface area is 87.4 Å². The van der Waals surface area contributed by atoms with Gasteiger partial charge in [0.05, 0.1) is 0 Å². The first-order valence-corrected chi connectivity index (χ1v) is 6.47. The Balaban J connectivity index is 2.11. The molecule has 1 aromatic carbocycles. The summed E-state index contributed by atoms with van der Waals surface area (Å²) in [6.07, 6.45) is 5.37. The smallest absolute Gasteiger partial charge is 0.00156 e. The first-order chi connectivity index (χ1) is 6.90. The summed E-state index contributed by atoms with van der Waals surface area (Å²) < 4.78 is 0. The summed E-state index contributed by atoms with van der Waals surface area (Å²) in [4.78, 5) is 0. The van der Waals surface area contributed by atoms with Gasteiger partial charge in [-0.3, -0.25) is 0 Å². The van der Waals surface area contributed by atoms with Gasteiger partial charge in [-0.2, -0.15) is 0 Å². The van der Waals surface area contributed by atoms with E-state index in [0.29, 0.717) is 0 Å². The first-order valence-electron chi connectivity index (χ1n) is 5.47. The summed E-state index contributed by atoms with van der Waals surface area (Å²) in [7, 11) is 0.943. The van der Waals surface area contributed by atoms with Crippen molar-refractivity contribution in [2.24, 2.45) is 0 Å². The molecule has 14 heavy (non-hydrogen) atoms. The van der Waals surface area contributed by atoms with Crippen LogP contribution in [-0.2, 0) is 6.42 Å². The lowest BCUT2D eigenvalue weighted by Gasteiger charge is -1.94. The van der Waals surface area contributed by atoms with Gasteiger partial charge in [-0.1, -0.05) is 44.0 Å². The summed E-state index contributed by atoms with van der Waals surface area (Å²) in [6.45, 7) is 2.26. The maximum absolute atomic E-state index is 2.39. The Morgan fingerprint density at radius 2 is 2.00 bits per heavy atom. The fourth-order valence-electron chi connectivity index (χ4n) is 1.83. The molecule has 0 nitrogen and oxygen atoms in total. The number of benzene rings is 1. The Morgan fingerprint density at radius 1 is 1.14 bits per heavy atom. The van der Waals surface area contributed by atoms with Crippen molar-refractivity contribution in [1.29, 1.82) is 0 Å². The van der Waals surface area contributed by atoms with Crippen LogP contribution in [0.3, 0.4) is 0 Å². The highest BCUT2D eigenvalue weighted by Gasteiger charge is 1.98. The van der Waals surface area contributed by atoms with Crippen LogP contribution in [0.2, 0.25) is 0 Å². The van der Waals surface area contributed by atoms with Crippen LogP contribution in [-0.4, -0.2) is 0 Å². The van der Waals surface area contributed by atoms with Crippen LogP contribution in [0.1, 0.15) is 31.5 Å². The van der Waals surface area contributed by atoms with E-state index in [1.807, 2.05) is 0 Å². The zero-order chi connectivity index (χ0) is 9.80. The van der Waals surface area contributed by atoms with E-state index < -0.39 is 0 Å². The predicted octanol–water partition coefficient (Wildman–Crippen LogP) is 4.60. The van der Waals surface area contributed by atoms with Crippen molar-refractivity contribution >= 4 is 18.7 Å². The zero-order valence-corrected chi connectivity index (χ0v) is 9.72. The number of aryl methyl sites for hydroxylation is 1. The quantitative estimate of drug-likeness (QED) is 0.638. The van der Waals surface area contributed by atoms with Crippen LogP contribution < -0.4 is 0 Å². The molecule has 1 heterocycles. The van der Waals surface area contributed by atoms with Crippen molar-refractivity contribution in [2.45, 2.75) is 32.6 Å². The van der Waals surface area contributed by atoms with Crippen molar-refractivity contribution in [2.75, 3.05) is 0 Å². The highest BCUT2D eigenvalue weighted by atomic mass is 31.0. The molecule has 0 aliphatic rings. The fourth-order valence-corrected chi connectivity index (χ4v) is 3.19. The van der Waals surface area contributed by atoms with Crippen LogP contribution in [0.5, 0.6) is 0 Å². The van der Waals surface area contributed by atoms with E-state index in [9.17, 15) is 0 Å². The molecule has 2 aromatic rings. The lowest BCUT2D eigenvalue weighted by molar-refractivity contribution is 0.723. The van der Waals surface area contributed by atoms with Crippen LogP contribution in [0.15, 0.2) is 30.3 Å². The maximum atomic E-state index is 2.39. The second-order valence-corrected chi connectivity index (χ2v) is 5.27. The lowest BCUT2D eigenvalue weighted by Crippen LogP contribution is -1.78. The molecule has 1 unspecified atom stereocenters. The third-order valence-corrected chi connectivity index (χ3v) is 4.08. The van der Waals surface area contributed by atoms with Gasteiger partial charge in [-0.25, -0.2) is 0 Å². The molecular formula is C13H17P. The second-order valence-electron chi connectivity index (χ2n) is 3.84. The number of unbranched alkanes of at least 4 members (excludes halogenated alkanes) is 2. The van der Waals surface area contributed by atoms with E-state index in [2.05, 4.69) is 37.3 Å². The van der Waals surface area contributed by atoms with E-state index >= 15 is 0 Å². The van der Waals surface area contributed by atoms with Gasteiger partial charge in [0.15, 0.2) is 0 Å². The molecule has 0 saturated carbocycles. The van der Waals surface area contributed by atoms with E-state index in [1.54, 1.807) is 10.4 Å². The molecule has 0 radical (unpaired) electrons. The summed E-state index contributed by atoms with van der Waals surface area (Å²) in [6, 6.07) is 11.2. The van der Waals surface area contributed by atoms with Crippen molar-refractivity contribution in [3.05, 3.63) is 35.6 Å². The van der Waals surface area contributed by atoms with Gasteiger partial charge >= 0.3 is 0 Å². The number of hydrogen-bond acceptors (Lipinski definition) is 0. The molecule has 0 N–H and O–H groups in total. The standard InChI is InChI=1S/C13H17P/c1-2-3-4-8-12-10-11-7-5-6-9-13(11)14-12/h5-7,9-10,14H,2-4,8H2,1H3. The summed E-state index contributed by atoms with van der Waals surface area (Å²) in [5.41, 5.74) is 0. The minimum absolute atomic E-state index is 0.943. The summed E-state index contributed by atoms with van der Waals surface area (Å²) in [5, 5.41) is 4.65. The van der Waals surface area contributed by atoms with Gasteiger partial charge in [-0.05, 0) is 34.7 Å². The number of rotatable bonds is 4. The summed E-state index contributed by atoms with van der Waals surface area (Å²) in [5.74, 6) is 0. The largest absolute Gasteiger partial charge is 0.128 e. The summed E-state index contributed by atoms with van der Waals surface area (Å²) >= 11 is 0. The van der Waals surface area contributed by atoms with E-state index in [-0.39, 0.29) is 0 Å². The Bertz CT molecular complexity index is 367. The average Bonchev–Trinajstić information content (AvgIpc) is 2.60. The van der Waals surface area contributed by atoms with Crippen LogP contribution >= 0.6 is 8.19 Å². The SMILES string of the molecule is CCCCCc1cc2ccccc2[pH]1. The van der Waals surface area contributed by atoms with Crippen molar-refractivity contribution in [3.8, 4) is 0 Å². The lowest BCUT2D eigenvalue weighted by atomic mass is 10.1.